The van der Waals surface area contributed by atoms with Gasteiger partial charge in [0.05, 0.1) is 18.8 Å². The van der Waals surface area contributed by atoms with Crippen molar-refractivity contribution in [2.75, 3.05) is 30.3 Å². The molecular weight excluding hydrogens is 256 g/mol. The van der Waals surface area contributed by atoms with Crippen LogP contribution in [-0.2, 0) is 9.53 Å². The molecule has 0 saturated carbocycles. The normalized spacial score (nSPS) is 16.2. The van der Waals surface area contributed by atoms with Crippen LogP contribution in [-0.4, -0.2) is 31.3 Å². The molecule has 5 heteroatoms. The van der Waals surface area contributed by atoms with Gasteiger partial charge in [-0.2, -0.15) is 0 Å². The summed E-state index contributed by atoms with van der Waals surface area (Å²) in [5.74, 6) is 0.525. The Balaban J connectivity index is 2.20. The predicted molar refractivity (Wildman–Crippen MR) is 79.0 cm³/mol. The summed E-state index contributed by atoms with van der Waals surface area (Å²) in [5, 5.41) is 0. The van der Waals surface area contributed by atoms with E-state index in [-0.39, 0.29) is 18.1 Å². The van der Waals surface area contributed by atoms with Crippen LogP contribution in [0.25, 0.3) is 0 Å². The molecule has 0 bridgehead atoms. The number of ether oxygens (including phenoxy) is 2. The Morgan fingerprint density at radius 2 is 2.25 bits per heavy atom. The second kappa shape index (κ2) is 5.61. The van der Waals surface area contributed by atoms with Gasteiger partial charge in [0, 0.05) is 5.69 Å². The maximum Gasteiger partial charge on any atom is 0.325 e. The van der Waals surface area contributed by atoms with Crippen LogP contribution in [0.5, 0.6) is 5.75 Å². The maximum atomic E-state index is 11.8. The lowest BCUT2D eigenvalue weighted by molar-refractivity contribution is -0.142. The molecule has 0 atom stereocenters. The van der Waals surface area contributed by atoms with Crippen molar-refractivity contribution in [2.45, 2.75) is 32.8 Å². The molecule has 0 fully saturated rings. The molecule has 2 N–H and O–H groups in total. The summed E-state index contributed by atoms with van der Waals surface area (Å²) in [6.07, 6.45) is 0.823. The van der Waals surface area contributed by atoms with Crippen LogP contribution in [0, 0.1) is 0 Å². The van der Waals surface area contributed by atoms with Crippen LogP contribution in [0.15, 0.2) is 18.2 Å². The van der Waals surface area contributed by atoms with E-state index in [9.17, 15) is 4.79 Å². The molecule has 0 radical (unpaired) electrons. The predicted octanol–water partition coefficient (Wildman–Crippen LogP) is 2.20. The lowest BCUT2D eigenvalue weighted by Crippen LogP contribution is -2.48. The minimum absolute atomic E-state index is 0.212. The van der Waals surface area contributed by atoms with E-state index in [2.05, 4.69) is 0 Å². The number of carbonyl (C=O) groups is 1. The molecule has 110 valence electrons. The van der Waals surface area contributed by atoms with E-state index < -0.39 is 0 Å². The lowest BCUT2D eigenvalue weighted by Gasteiger charge is -2.40. The second-order valence-corrected chi connectivity index (χ2v) is 5.67. The van der Waals surface area contributed by atoms with Crippen molar-refractivity contribution in [3.63, 3.8) is 0 Å². The molecule has 1 aliphatic rings. The number of nitrogens with zero attached hydrogens (tertiary/aromatic N) is 1. The fraction of sp³-hybridized carbons (Fsp3) is 0.533. The standard InChI is InChI=1S/C15H22N2O3/c1-4-7-19-14(18)9-17-10-15(2,3)20-13-6-5-11(16)8-12(13)17/h5-6,8H,4,7,9-10,16H2,1-3H3. The van der Waals surface area contributed by atoms with Crippen molar-refractivity contribution in [1.29, 1.82) is 0 Å². The van der Waals surface area contributed by atoms with Crippen molar-refractivity contribution in [2.24, 2.45) is 0 Å². The van der Waals surface area contributed by atoms with Gasteiger partial charge in [-0.1, -0.05) is 6.92 Å². The monoisotopic (exact) mass is 278 g/mol. The topological polar surface area (TPSA) is 64.8 Å². The molecule has 1 aromatic carbocycles. The number of nitrogens with two attached hydrogens (primary N) is 1. The summed E-state index contributed by atoms with van der Waals surface area (Å²) in [4.78, 5) is 13.8. The molecule has 1 aromatic rings. The Labute approximate surface area is 119 Å². The number of rotatable bonds is 4. The van der Waals surface area contributed by atoms with Crippen LogP contribution in [0.2, 0.25) is 0 Å². The SMILES string of the molecule is CCCOC(=O)CN1CC(C)(C)Oc2ccc(N)cc21. The molecule has 20 heavy (non-hydrogen) atoms. The molecule has 0 amide bonds. The highest BCUT2D eigenvalue weighted by molar-refractivity contribution is 5.78. The number of hydrogen-bond acceptors (Lipinski definition) is 5. The van der Waals surface area contributed by atoms with E-state index in [1.165, 1.54) is 0 Å². The molecule has 5 nitrogen and oxygen atoms in total. The van der Waals surface area contributed by atoms with Gasteiger partial charge in [-0.3, -0.25) is 4.79 Å². The van der Waals surface area contributed by atoms with Crippen LogP contribution < -0.4 is 15.4 Å². The third kappa shape index (κ3) is 3.35. The van der Waals surface area contributed by atoms with E-state index >= 15 is 0 Å². The Morgan fingerprint density at radius 3 is 2.95 bits per heavy atom. The summed E-state index contributed by atoms with van der Waals surface area (Å²) in [7, 11) is 0. The van der Waals surface area contributed by atoms with Gasteiger partial charge in [-0.25, -0.2) is 0 Å². The minimum Gasteiger partial charge on any atom is -0.484 e. The van der Waals surface area contributed by atoms with Crippen LogP contribution in [0.4, 0.5) is 11.4 Å². The number of hydrogen-bond donors (Lipinski definition) is 1. The lowest BCUT2D eigenvalue weighted by atomic mass is 10.0. The zero-order chi connectivity index (χ0) is 14.8. The van der Waals surface area contributed by atoms with Gasteiger partial charge < -0.3 is 20.1 Å². The van der Waals surface area contributed by atoms with E-state index in [4.69, 9.17) is 15.2 Å². The van der Waals surface area contributed by atoms with Crippen LogP contribution in [0.1, 0.15) is 27.2 Å². The smallest absolute Gasteiger partial charge is 0.325 e. The van der Waals surface area contributed by atoms with Gasteiger partial charge in [-0.05, 0) is 38.5 Å². The first-order chi connectivity index (χ1) is 9.41. The molecule has 1 heterocycles. The minimum atomic E-state index is -0.353. The summed E-state index contributed by atoms with van der Waals surface area (Å²) < 4.78 is 11.1. The number of anilines is 2. The van der Waals surface area contributed by atoms with Gasteiger partial charge in [0.2, 0.25) is 0 Å². The van der Waals surface area contributed by atoms with Gasteiger partial charge >= 0.3 is 5.97 Å². The summed E-state index contributed by atoms with van der Waals surface area (Å²) >= 11 is 0. The fourth-order valence-electron chi connectivity index (χ4n) is 2.30. The van der Waals surface area contributed by atoms with Crippen LogP contribution in [0.3, 0.4) is 0 Å². The first-order valence-corrected chi connectivity index (χ1v) is 6.90. The highest BCUT2D eigenvalue weighted by Crippen LogP contribution is 2.38. The Morgan fingerprint density at radius 1 is 1.50 bits per heavy atom. The second-order valence-electron chi connectivity index (χ2n) is 5.67. The molecule has 0 unspecified atom stereocenters. The molecule has 1 aliphatic heterocycles. The van der Waals surface area contributed by atoms with Crippen molar-refractivity contribution in [3.05, 3.63) is 18.2 Å². The average molecular weight is 278 g/mol. The zero-order valence-electron chi connectivity index (χ0n) is 12.3. The van der Waals surface area contributed by atoms with Gasteiger partial charge in [0.1, 0.15) is 17.9 Å². The van der Waals surface area contributed by atoms with Gasteiger partial charge in [0.25, 0.3) is 0 Å². The third-order valence-corrected chi connectivity index (χ3v) is 3.07. The largest absolute Gasteiger partial charge is 0.484 e. The summed E-state index contributed by atoms with van der Waals surface area (Å²) in [6.45, 7) is 7.25. The number of nitrogen functional groups attached to an aromatic ring is 1. The number of benzene rings is 1. The maximum absolute atomic E-state index is 11.8. The van der Waals surface area contributed by atoms with Gasteiger partial charge in [-0.15, -0.1) is 0 Å². The quantitative estimate of drug-likeness (QED) is 0.675. The van der Waals surface area contributed by atoms with Crippen molar-refractivity contribution in [1.82, 2.24) is 0 Å². The third-order valence-electron chi connectivity index (χ3n) is 3.07. The summed E-state index contributed by atoms with van der Waals surface area (Å²) in [5.41, 5.74) is 6.97. The molecular formula is C15H22N2O3. The van der Waals surface area contributed by atoms with Crippen molar-refractivity contribution in [3.8, 4) is 5.75 Å². The zero-order valence-corrected chi connectivity index (χ0v) is 12.3. The fourth-order valence-corrected chi connectivity index (χ4v) is 2.30. The van der Waals surface area contributed by atoms with E-state index in [0.717, 1.165) is 17.9 Å². The molecule has 0 saturated heterocycles. The van der Waals surface area contributed by atoms with E-state index in [1.807, 2.05) is 37.8 Å². The average Bonchev–Trinajstić information content (AvgIpc) is 2.36. The molecule has 2 rings (SSSR count). The first kappa shape index (κ1) is 14.5. The first-order valence-electron chi connectivity index (χ1n) is 6.90. The number of carbonyl (C=O) groups excluding carboxylic acids is 1. The Kier molecular flexibility index (Phi) is 4.06. The molecule has 0 spiro atoms. The molecule has 0 aliphatic carbocycles. The van der Waals surface area contributed by atoms with Crippen molar-refractivity contribution >= 4 is 17.3 Å². The van der Waals surface area contributed by atoms with Crippen molar-refractivity contribution < 1.29 is 14.3 Å². The summed E-state index contributed by atoms with van der Waals surface area (Å²) in [6, 6.07) is 5.47. The Bertz CT molecular complexity index is 500. The Hall–Kier alpha value is -1.91. The molecule has 0 aromatic heterocycles. The highest BCUT2D eigenvalue weighted by Gasteiger charge is 2.32. The van der Waals surface area contributed by atoms with Crippen LogP contribution >= 0.6 is 0 Å². The number of esters is 1. The van der Waals surface area contributed by atoms with E-state index in [1.54, 1.807) is 6.07 Å². The number of fused-ring (bicyclic) bond motifs is 1. The highest BCUT2D eigenvalue weighted by atomic mass is 16.5. The van der Waals surface area contributed by atoms with Gasteiger partial charge in [0.15, 0.2) is 0 Å². The van der Waals surface area contributed by atoms with E-state index in [0.29, 0.717) is 18.8 Å².